The number of rotatable bonds is 5. The first-order chi connectivity index (χ1) is 11.2. The number of hydrogen-bond acceptors (Lipinski definition) is 5. The predicted molar refractivity (Wildman–Crippen MR) is 94.7 cm³/mol. The van der Waals surface area contributed by atoms with E-state index >= 15 is 0 Å². The van der Waals surface area contributed by atoms with Crippen molar-refractivity contribution in [2.75, 3.05) is 11.9 Å². The van der Waals surface area contributed by atoms with E-state index in [1.165, 1.54) is 0 Å². The molecule has 0 saturated heterocycles. The van der Waals surface area contributed by atoms with E-state index in [0.717, 1.165) is 12.8 Å². The molecule has 0 unspecified atom stereocenters. The third-order valence-electron chi connectivity index (χ3n) is 3.39. The average molecular weight is 399 g/mol. The maximum Gasteiger partial charge on any atom is 0.407 e. The van der Waals surface area contributed by atoms with E-state index in [1.54, 1.807) is 18.2 Å². The number of amides is 2. The van der Waals surface area contributed by atoms with Crippen molar-refractivity contribution >= 4 is 33.7 Å². The van der Waals surface area contributed by atoms with Crippen LogP contribution in [0.3, 0.4) is 0 Å². The number of nitrogens with zero attached hydrogens (tertiary/aromatic N) is 1. The van der Waals surface area contributed by atoms with E-state index in [0.29, 0.717) is 10.4 Å². The van der Waals surface area contributed by atoms with E-state index in [4.69, 9.17) is 4.74 Å². The summed E-state index contributed by atoms with van der Waals surface area (Å²) in [5, 5.41) is 8.70. The largest absolute Gasteiger partial charge is 0.444 e. The van der Waals surface area contributed by atoms with Crippen molar-refractivity contribution in [1.82, 2.24) is 15.6 Å². The molecule has 0 atom stereocenters. The van der Waals surface area contributed by atoms with Crippen LogP contribution in [0.15, 0.2) is 22.8 Å². The lowest BCUT2D eigenvalue weighted by Gasteiger charge is -2.36. The number of carbonyl (C=O) groups is 2. The van der Waals surface area contributed by atoms with Crippen molar-refractivity contribution in [2.45, 2.75) is 51.3 Å². The Balaban J connectivity index is 1.62. The van der Waals surface area contributed by atoms with Crippen LogP contribution >= 0.6 is 15.9 Å². The molecule has 8 heteroatoms. The summed E-state index contributed by atoms with van der Waals surface area (Å²) in [7, 11) is 0. The van der Waals surface area contributed by atoms with Crippen molar-refractivity contribution in [3.8, 4) is 0 Å². The fourth-order valence-corrected chi connectivity index (χ4v) is 2.62. The molecule has 0 aromatic carbocycles. The Kier molecular flexibility index (Phi) is 6.17. The van der Waals surface area contributed by atoms with Gasteiger partial charge in [0.15, 0.2) is 0 Å². The standard InChI is InChI=1S/C16H23BrN4O3/c1-16(2,3)24-15(23)19-11-7-10(8-11)18-9-14(22)21-13-6-4-5-12(17)20-13/h4-6,10-11,18H,7-9H2,1-3H3,(H,19,23)(H,20,21,22). The lowest BCUT2D eigenvalue weighted by molar-refractivity contribution is -0.115. The summed E-state index contributed by atoms with van der Waals surface area (Å²) in [5.41, 5.74) is -0.496. The SMILES string of the molecule is CC(C)(C)OC(=O)NC1CC(NCC(=O)Nc2cccc(Br)n2)C1. The molecule has 0 aliphatic heterocycles. The van der Waals surface area contributed by atoms with E-state index < -0.39 is 11.7 Å². The zero-order valence-electron chi connectivity index (χ0n) is 14.1. The number of ether oxygens (including phenoxy) is 1. The molecule has 0 bridgehead atoms. The fraction of sp³-hybridized carbons (Fsp3) is 0.562. The molecule has 0 radical (unpaired) electrons. The zero-order valence-corrected chi connectivity index (χ0v) is 15.6. The normalized spacial score (nSPS) is 20.0. The van der Waals surface area contributed by atoms with Gasteiger partial charge in [-0.15, -0.1) is 0 Å². The van der Waals surface area contributed by atoms with Gasteiger partial charge in [0.05, 0.1) is 6.54 Å². The number of hydrogen-bond donors (Lipinski definition) is 3. The first-order valence-corrected chi connectivity index (χ1v) is 8.66. The monoisotopic (exact) mass is 398 g/mol. The van der Waals surface area contributed by atoms with Crippen LogP contribution in [0.5, 0.6) is 0 Å². The van der Waals surface area contributed by atoms with Gasteiger partial charge in [-0.2, -0.15) is 0 Å². The molecule has 2 rings (SSSR count). The molecule has 1 aliphatic carbocycles. The first kappa shape index (κ1) is 18.7. The first-order valence-electron chi connectivity index (χ1n) is 7.86. The van der Waals surface area contributed by atoms with Crippen LogP contribution in [-0.2, 0) is 9.53 Å². The zero-order chi connectivity index (χ0) is 17.7. The summed E-state index contributed by atoms with van der Waals surface area (Å²) in [4.78, 5) is 27.6. The van der Waals surface area contributed by atoms with Crippen LogP contribution < -0.4 is 16.0 Å². The van der Waals surface area contributed by atoms with Crippen molar-refractivity contribution in [3.05, 3.63) is 22.8 Å². The van der Waals surface area contributed by atoms with Gasteiger partial charge in [0.25, 0.3) is 0 Å². The van der Waals surface area contributed by atoms with Crippen molar-refractivity contribution in [3.63, 3.8) is 0 Å². The molecule has 1 aromatic heterocycles. The molecule has 0 spiro atoms. The highest BCUT2D eigenvalue weighted by Gasteiger charge is 2.31. The van der Waals surface area contributed by atoms with Gasteiger partial charge in [0, 0.05) is 12.1 Å². The van der Waals surface area contributed by atoms with Crippen molar-refractivity contribution in [2.24, 2.45) is 0 Å². The molecule has 132 valence electrons. The van der Waals surface area contributed by atoms with E-state index in [2.05, 4.69) is 36.9 Å². The minimum atomic E-state index is -0.496. The highest BCUT2D eigenvalue weighted by Crippen LogP contribution is 2.20. The van der Waals surface area contributed by atoms with Gasteiger partial charge in [-0.1, -0.05) is 6.07 Å². The molecule has 1 fully saturated rings. The lowest BCUT2D eigenvalue weighted by Crippen LogP contribution is -2.54. The average Bonchev–Trinajstić information content (AvgIpc) is 2.39. The van der Waals surface area contributed by atoms with E-state index in [1.807, 2.05) is 20.8 Å². The van der Waals surface area contributed by atoms with Gasteiger partial charge in [-0.05, 0) is 61.7 Å². The van der Waals surface area contributed by atoms with Crippen LogP contribution in [0, 0.1) is 0 Å². The third-order valence-corrected chi connectivity index (χ3v) is 3.83. The highest BCUT2D eigenvalue weighted by atomic mass is 79.9. The van der Waals surface area contributed by atoms with Crippen molar-refractivity contribution < 1.29 is 14.3 Å². The van der Waals surface area contributed by atoms with Crippen LogP contribution in [0.1, 0.15) is 33.6 Å². The Hall–Kier alpha value is -1.67. The number of carbonyl (C=O) groups excluding carboxylic acids is 2. The van der Waals surface area contributed by atoms with Gasteiger partial charge in [0.2, 0.25) is 5.91 Å². The Morgan fingerprint density at radius 3 is 2.62 bits per heavy atom. The number of nitrogens with one attached hydrogen (secondary N) is 3. The lowest BCUT2D eigenvalue weighted by atomic mass is 9.87. The highest BCUT2D eigenvalue weighted by molar-refractivity contribution is 9.10. The van der Waals surface area contributed by atoms with Gasteiger partial charge < -0.3 is 20.7 Å². The number of pyridine rings is 1. The maximum atomic E-state index is 11.9. The Morgan fingerprint density at radius 2 is 2.00 bits per heavy atom. The summed E-state index contributed by atoms with van der Waals surface area (Å²) in [6.07, 6.45) is 1.16. The van der Waals surface area contributed by atoms with E-state index in [9.17, 15) is 9.59 Å². The van der Waals surface area contributed by atoms with E-state index in [-0.39, 0.29) is 24.5 Å². The molecular weight excluding hydrogens is 376 g/mol. The van der Waals surface area contributed by atoms with Crippen LogP contribution in [0.4, 0.5) is 10.6 Å². The van der Waals surface area contributed by atoms with Gasteiger partial charge in [0.1, 0.15) is 16.0 Å². The van der Waals surface area contributed by atoms with Crippen LogP contribution in [0.25, 0.3) is 0 Å². The molecule has 2 amide bonds. The number of halogens is 1. The summed E-state index contributed by atoms with van der Waals surface area (Å²) in [5.74, 6) is 0.360. The number of alkyl carbamates (subject to hydrolysis) is 1. The molecule has 3 N–H and O–H groups in total. The molecule has 7 nitrogen and oxygen atoms in total. The molecule has 1 aromatic rings. The van der Waals surface area contributed by atoms with Crippen molar-refractivity contribution in [1.29, 1.82) is 0 Å². The topological polar surface area (TPSA) is 92.4 Å². The molecule has 24 heavy (non-hydrogen) atoms. The Bertz CT molecular complexity index is 597. The van der Waals surface area contributed by atoms with Gasteiger partial charge >= 0.3 is 6.09 Å². The minimum absolute atomic E-state index is 0.0900. The summed E-state index contributed by atoms with van der Waals surface area (Å²) >= 11 is 3.26. The smallest absolute Gasteiger partial charge is 0.407 e. The number of aromatic nitrogens is 1. The van der Waals surface area contributed by atoms with Gasteiger partial charge in [-0.3, -0.25) is 4.79 Å². The summed E-state index contributed by atoms with van der Waals surface area (Å²) in [6, 6.07) is 5.63. The van der Waals surface area contributed by atoms with Gasteiger partial charge in [-0.25, -0.2) is 9.78 Å². The third kappa shape index (κ3) is 6.45. The number of anilines is 1. The Morgan fingerprint density at radius 1 is 1.29 bits per heavy atom. The molecule has 1 heterocycles. The molecule has 1 saturated carbocycles. The molecular formula is C16H23BrN4O3. The van der Waals surface area contributed by atoms with Crippen LogP contribution in [-0.4, -0.2) is 41.2 Å². The Labute approximate surface area is 150 Å². The second kappa shape index (κ2) is 7.94. The summed E-state index contributed by atoms with van der Waals surface area (Å²) < 4.78 is 5.88. The fourth-order valence-electron chi connectivity index (χ4n) is 2.28. The minimum Gasteiger partial charge on any atom is -0.444 e. The summed E-state index contributed by atoms with van der Waals surface area (Å²) in [6.45, 7) is 5.70. The second-order valence-corrected chi connectivity index (χ2v) is 7.60. The van der Waals surface area contributed by atoms with Crippen LogP contribution in [0.2, 0.25) is 0 Å². The molecule has 1 aliphatic rings. The maximum absolute atomic E-state index is 11.9. The second-order valence-electron chi connectivity index (χ2n) is 6.79. The quantitative estimate of drug-likeness (QED) is 0.662. The predicted octanol–water partition coefficient (Wildman–Crippen LogP) is 2.43.